The zero-order chi connectivity index (χ0) is 10.7. The largest absolute Gasteiger partial charge is 0.463 e. The van der Waals surface area contributed by atoms with Crippen LogP contribution in [0.2, 0.25) is 0 Å². The maximum Gasteiger partial charge on any atom is 0.356 e. The standard InChI is InChI=1S/C8H12FNO3/c1-4-13-6(11)8(12,5-10)7(2,3)9/h12H,4H2,1-3H3. The van der Waals surface area contributed by atoms with E-state index >= 15 is 0 Å². The second-order valence-electron chi connectivity index (χ2n) is 3.02. The first-order valence-corrected chi connectivity index (χ1v) is 3.79. The van der Waals surface area contributed by atoms with E-state index < -0.39 is 17.2 Å². The lowest BCUT2D eigenvalue weighted by Gasteiger charge is -2.27. The molecule has 74 valence electrons. The number of halogens is 1. The molecule has 5 heteroatoms. The van der Waals surface area contributed by atoms with E-state index in [1.807, 2.05) is 0 Å². The summed E-state index contributed by atoms with van der Waals surface area (Å²) in [6.07, 6.45) is 0. The summed E-state index contributed by atoms with van der Waals surface area (Å²) < 4.78 is 17.6. The Hall–Kier alpha value is -1.15. The predicted octanol–water partition coefficient (Wildman–Crippen LogP) is 0.552. The summed E-state index contributed by atoms with van der Waals surface area (Å²) in [6, 6.07) is 1.21. The number of ether oxygens (including phenoxy) is 1. The van der Waals surface area contributed by atoms with Crippen LogP contribution in [-0.4, -0.2) is 29.0 Å². The minimum absolute atomic E-state index is 0.0150. The van der Waals surface area contributed by atoms with Gasteiger partial charge in [0.1, 0.15) is 6.07 Å². The normalized spacial score (nSPS) is 15.7. The molecule has 1 N–H and O–H groups in total. The highest BCUT2D eigenvalue weighted by molar-refractivity contribution is 5.84. The number of hydrogen-bond acceptors (Lipinski definition) is 4. The molecule has 0 spiro atoms. The number of carbonyl (C=O) groups excluding carboxylic acids is 1. The molecule has 0 aromatic carbocycles. The second-order valence-corrected chi connectivity index (χ2v) is 3.02. The van der Waals surface area contributed by atoms with Gasteiger partial charge in [-0.3, -0.25) is 0 Å². The minimum atomic E-state index is -2.73. The zero-order valence-corrected chi connectivity index (χ0v) is 7.80. The quantitative estimate of drug-likeness (QED) is 0.520. The highest BCUT2D eigenvalue weighted by Gasteiger charge is 2.53. The van der Waals surface area contributed by atoms with Crippen molar-refractivity contribution in [3.8, 4) is 6.07 Å². The van der Waals surface area contributed by atoms with Crippen LogP contribution in [0.15, 0.2) is 0 Å². The number of alkyl halides is 1. The molecule has 4 nitrogen and oxygen atoms in total. The van der Waals surface area contributed by atoms with E-state index in [1.54, 1.807) is 0 Å². The van der Waals surface area contributed by atoms with Crippen molar-refractivity contribution < 1.29 is 19.0 Å². The summed E-state index contributed by atoms with van der Waals surface area (Å²) >= 11 is 0. The molecule has 0 aliphatic carbocycles. The Balaban J connectivity index is 4.88. The van der Waals surface area contributed by atoms with Gasteiger partial charge in [0, 0.05) is 0 Å². The summed E-state index contributed by atoms with van der Waals surface area (Å²) in [5.74, 6) is -1.26. The molecule has 0 aromatic rings. The molecule has 0 aromatic heterocycles. The van der Waals surface area contributed by atoms with Gasteiger partial charge in [0.25, 0.3) is 5.60 Å². The molecule has 0 aliphatic rings. The molecule has 0 heterocycles. The number of aliphatic hydroxyl groups is 1. The molecule has 1 unspecified atom stereocenters. The van der Waals surface area contributed by atoms with Gasteiger partial charge in [-0.2, -0.15) is 5.26 Å². The number of esters is 1. The predicted molar refractivity (Wildman–Crippen MR) is 42.4 cm³/mol. The summed E-state index contributed by atoms with van der Waals surface area (Å²) in [5, 5.41) is 17.8. The van der Waals surface area contributed by atoms with Crippen LogP contribution < -0.4 is 0 Å². The molecule has 0 amide bonds. The van der Waals surface area contributed by atoms with Gasteiger partial charge in [-0.15, -0.1) is 0 Å². The van der Waals surface area contributed by atoms with E-state index in [1.165, 1.54) is 13.0 Å². The number of nitriles is 1. The van der Waals surface area contributed by atoms with E-state index in [0.717, 1.165) is 13.8 Å². The molecular formula is C8H12FNO3. The van der Waals surface area contributed by atoms with Crippen molar-refractivity contribution in [3.63, 3.8) is 0 Å². The van der Waals surface area contributed by atoms with Gasteiger partial charge in [0.15, 0.2) is 5.67 Å². The first-order chi connectivity index (χ1) is 5.79. The van der Waals surface area contributed by atoms with Crippen LogP contribution in [0.3, 0.4) is 0 Å². The summed E-state index contributed by atoms with van der Waals surface area (Å²) in [5.41, 5.74) is -5.09. The van der Waals surface area contributed by atoms with E-state index in [-0.39, 0.29) is 6.61 Å². The molecule has 0 bridgehead atoms. The van der Waals surface area contributed by atoms with Crippen LogP contribution in [0.25, 0.3) is 0 Å². The maximum atomic E-state index is 13.2. The third-order valence-electron chi connectivity index (χ3n) is 1.59. The Morgan fingerprint density at radius 2 is 2.15 bits per heavy atom. The third kappa shape index (κ3) is 2.16. The fraction of sp³-hybridized carbons (Fsp3) is 0.750. The fourth-order valence-corrected chi connectivity index (χ4v) is 0.657. The second kappa shape index (κ2) is 3.71. The highest BCUT2D eigenvalue weighted by atomic mass is 19.1. The van der Waals surface area contributed by atoms with Crippen LogP contribution in [0.1, 0.15) is 20.8 Å². The first-order valence-electron chi connectivity index (χ1n) is 3.79. The van der Waals surface area contributed by atoms with E-state index in [2.05, 4.69) is 4.74 Å². The minimum Gasteiger partial charge on any atom is -0.463 e. The average molecular weight is 189 g/mol. The van der Waals surface area contributed by atoms with Gasteiger partial charge in [0.2, 0.25) is 0 Å². The molecule has 0 rings (SSSR count). The Morgan fingerprint density at radius 3 is 2.38 bits per heavy atom. The highest BCUT2D eigenvalue weighted by Crippen LogP contribution is 2.26. The van der Waals surface area contributed by atoms with E-state index in [9.17, 15) is 14.3 Å². The maximum absolute atomic E-state index is 13.2. The van der Waals surface area contributed by atoms with Gasteiger partial charge in [-0.25, -0.2) is 9.18 Å². The molecule has 13 heavy (non-hydrogen) atoms. The van der Waals surface area contributed by atoms with Crippen molar-refractivity contribution in [1.82, 2.24) is 0 Å². The number of hydrogen-bond donors (Lipinski definition) is 1. The van der Waals surface area contributed by atoms with Crippen molar-refractivity contribution in [2.75, 3.05) is 6.61 Å². The van der Waals surface area contributed by atoms with Crippen LogP contribution in [-0.2, 0) is 9.53 Å². The van der Waals surface area contributed by atoms with E-state index in [4.69, 9.17) is 5.26 Å². The first kappa shape index (κ1) is 11.8. The lowest BCUT2D eigenvalue weighted by molar-refractivity contribution is -0.170. The van der Waals surface area contributed by atoms with Crippen molar-refractivity contribution >= 4 is 5.97 Å². The SMILES string of the molecule is CCOC(=O)C(O)(C#N)C(C)(C)F. The Kier molecular flexibility index (Phi) is 3.38. The molecular weight excluding hydrogens is 177 g/mol. The Bertz CT molecular complexity index is 241. The topological polar surface area (TPSA) is 70.3 Å². The lowest BCUT2D eigenvalue weighted by Crippen LogP contribution is -2.53. The van der Waals surface area contributed by atoms with Crippen LogP contribution in [0, 0.1) is 11.3 Å². The Labute approximate surface area is 75.9 Å². The Morgan fingerprint density at radius 1 is 1.69 bits per heavy atom. The van der Waals surface area contributed by atoms with Crippen LogP contribution >= 0.6 is 0 Å². The molecule has 0 radical (unpaired) electrons. The zero-order valence-electron chi connectivity index (χ0n) is 7.80. The van der Waals surface area contributed by atoms with Gasteiger partial charge in [-0.05, 0) is 20.8 Å². The van der Waals surface area contributed by atoms with Crippen LogP contribution in [0.5, 0.6) is 0 Å². The van der Waals surface area contributed by atoms with Crippen molar-refractivity contribution in [2.24, 2.45) is 0 Å². The van der Waals surface area contributed by atoms with Crippen molar-refractivity contribution in [1.29, 1.82) is 5.26 Å². The van der Waals surface area contributed by atoms with Crippen LogP contribution in [0.4, 0.5) is 4.39 Å². The number of rotatable bonds is 3. The van der Waals surface area contributed by atoms with Crippen molar-refractivity contribution in [3.05, 3.63) is 0 Å². The lowest BCUT2D eigenvalue weighted by atomic mass is 9.89. The summed E-state index contributed by atoms with van der Waals surface area (Å²) in [4.78, 5) is 11.0. The number of carbonyl (C=O) groups is 1. The third-order valence-corrected chi connectivity index (χ3v) is 1.59. The number of nitrogens with zero attached hydrogens (tertiary/aromatic N) is 1. The average Bonchev–Trinajstić information content (AvgIpc) is 2.01. The molecule has 0 aliphatic heterocycles. The molecule has 0 fully saturated rings. The van der Waals surface area contributed by atoms with Gasteiger partial charge >= 0.3 is 5.97 Å². The van der Waals surface area contributed by atoms with Crippen molar-refractivity contribution in [2.45, 2.75) is 32.0 Å². The van der Waals surface area contributed by atoms with Gasteiger partial charge < -0.3 is 9.84 Å². The summed E-state index contributed by atoms with van der Waals surface area (Å²) in [6.45, 7) is 3.36. The molecule has 0 saturated carbocycles. The van der Waals surface area contributed by atoms with Gasteiger partial charge in [-0.1, -0.05) is 0 Å². The van der Waals surface area contributed by atoms with E-state index in [0.29, 0.717) is 0 Å². The monoisotopic (exact) mass is 189 g/mol. The summed E-state index contributed by atoms with van der Waals surface area (Å²) in [7, 11) is 0. The fourth-order valence-electron chi connectivity index (χ4n) is 0.657. The molecule has 1 atom stereocenters. The molecule has 0 saturated heterocycles. The van der Waals surface area contributed by atoms with Gasteiger partial charge in [0.05, 0.1) is 6.61 Å². The smallest absolute Gasteiger partial charge is 0.356 e.